The number of fused-ring (bicyclic) bond motifs is 1. The molecule has 0 radical (unpaired) electrons. The highest BCUT2D eigenvalue weighted by Gasteiger charge is 2.31. The third-order valence-corrected chi connectivity index (χ3v) is 5.99. The Morgan fingerprint density at radius 2 is 1.95 bits per heavy atom. The van der Waals surface area contributed by atoms with E-state index in [1.165, 1.54) is 10.4 Å². The predicted octanol–water partition coefficient (Wildman–Crippen LogP) is 2.98. The monoisotopic (exact) mass is 322 g/mol. The molecular formula is C15H15ClN2O2S. The highest BCUT2D eigenvalue weighted by molar-refractivity contribution is 7.93. The minimum Gasteiger partial charge on any atom is -0.397 e. The first-order valence-corrected chi connectivity index (χ1v) is 8.39. The SMILES string of the molecule is Cc1cc(Cl)c(N)cc1S(=O)(=O)N1CCc2ccccc21. The summed E-state index contributed by atoms with van der Waals surface area (Å²) in [5, 5.41) is 0.369. The first-order valence-electron chi connectivity index (χ1n) is 6.57. The van der Waals surface area contributed by atoms with E-state index in [4.69, 9.17) is 17.3 Å². The standard InChI is InChI=1S/C15H15ClN2O2S/c1-10-8-12(16)13(17)9-15(10)21(19,20)18-7-6-11-4-2-3-5-14(11)18/h2-5,8-9H,6-7,17H2,1H3. The topological polar surface area (TPSA) is 63.4 Å². The molecular weight excluding hydrogens is 308 g/mol. The Kier molecular flexibility index (Phi) is 3.34. The lowest BCUT2D eigenvalue weighted by Crippen LogP contribution is -2.29. The minimum atomic E-state index is -3.63. The van der Waals surface area contributed by atoms with Crippen LogP contribution >= 0.6 is 11.6 Å². The number of nitrogens with two attached hydrogens (primary N) is 1. The lowest BCUT2D eigenvalue weighted by atomic mass is 10.2. The van der Waals surface area contributed by atoms with Gasteiger partial charge in [0, 0.05) is 6.54 Å². The molecule has 2 aromatic rings. The summed E-state index contributed by atoms with van der Waals surface area (Å²) >= 11 is 5.94. The van der Waals surface area contributed by atoms with Crippen LogP contribution in [0, 0.1) is 6.92 Å². The van der Waals surface area contributed by atoms with Gasteiger partial charge in [-0.05, 0) is 42.7 Å². The van der Waals surface area contributed by atoms with E-state index in [1.807, 2.05) is 24.3 Å². The molecule has 4 nitrogen and oxygen atoms in total. The zero-order chi connectivity index (χ0) is 15.2. The van der Waals surface area contributed by atoms with E-state index in [1.54, 1.807) is 13.0 Å². The summed E-state index contributed by atoms with van der Waals surface area (Å²) in [6.45, 7) is 2.17. The van der Waals surface area contributed by atoms with Gasteiger partial charge in [-0.2, -0.15) is 0 Å². The van der Waals surface area contributed by atoms with Gasteiger partial charge < -0.3 is 5.73 Å². The van der Waals surface area contributed by atoms with Crippen molar-refractivity contribution in [1.82, 2.24) is 0 Å². The van der Waals surface area contributed by atoms with Crippen molar-refractivity contribution >= 4 is 33.0 Å². The number of halogens is 1. The number of rotatable bonds is 2. The van der Waals surface area contributed by atoms with Gasteiger partial charge in [-0.3, -0.25) is 4.31 Å². The van der Waals surface area contributed by atoms with Crippen molar-refractivity contribution in [3.8, 4) is 0 Å². The van der Waals surface area contributed by atoms with Crippen molar-refractivity contribution in [2.24, 2.45) is 0 Å². The second-order valence-corrected chi connectivity index (χ2v) is 7.33. The van der Waals surface area contributed by atoms with Crippen LogP contribution in [0.15, 0.2) is 41.3 Å². The molecule has 1 aliphatic rings. The van der Waals surface area contributed by atoms with Gasteiger partial charge in [-0.1, -0.05) is 29.8 Å². The Balaban J connectivity index is 2.13. The Labute approximate surface area is 129 Å². The number of hydrogen-bond donors (Lipinski definition) is 1. The molecule has 0 amide bonds. The number of hydrogen-bond acceptors (Lipinski definition) is 3. The zero-order valence-corrected chi connectivity index (χ0v) is 13.1. The molecule has 110 valence electrons. The molecule has 0 saturated carbocycles. The van der Waals surface area contributed by atoms with Crippen LogP contribution in [0.2, 0.25) is 5.02 Å². The highest BCUT2D eigenvalue weighted by atomic mass is 35.5. The normalized spacial score (nSPS) is 14.3. The molecule has 0 saturated heterocycles. The van der Waals surface area contributed by atoms with Crippen LogP contribution in [-0.4, -0.2) is 15.0 Å². The van der Waals surface area contributed by atoms with Crippen LogP contribution < -0.4 is 10.0 Å². The van der Waals surface area contributed by atoms with Gasteiger partial charge in [0.25, 0.3) is 10.0 Å². The van der Waals surface area contributed by atoms with Gasteiger partial charge in [-0.25, -0.2) is 8.42 Å². The molecule has 0 bridgehead atoms. The number of anilines is 2. The Morgan fingerprint density at radius 1 is 1.24 bits per heavy atom. The van der Waals surface area contributed by atoms with Gasteiger partial charge in [0.15, 0.2) is 0 Å². The van der Waals surface area contributed by atoms with Crippen molar-refractivity contribution in [1.29, 1.82) is 0 Å². The van der Waals surface area contributed by atoms with Gasteiger partial charge in [0.2, 0.25) is 0 Å². The molecule has 2 aromatic carbocycles. The molecule has 0 aromatic heterocycles. The second-order valence-electron chi connectivity index (χ2n) is 5.10. The van der Waals surface area contributed by atoms with Gasteiger partial charge >= 0.3 is 0 Å². The van der Waals surface area contributed by atoms with E-state index in [-0.39, 0.29) is 10.6 Å². The number of aryl methyl sites for hydroxylation is 1. The van der Waals surface area contributed by atoms with E-state index >= 15 is 0 Å². The maximum absolute atomic E-state index is 12.9. The summed E-state index contributed by atoms with van der Waals surface area (Å²) in [5.74, 6) is 0. The van der Waals surface area contributed by atoms with Gasteiger partial charge in [0.05, 0.1) is 21.3 Å². The number of nitrogens with zero attached hydrogens (tertiary/aromatic N) is 1. The van der Waals surface area contributed by atoms with Crippen molar-refractivity contribution in [2.75, 3.05) is 16.6 Å². The summed E-state index contributed by atoms with van der Waals surface area (Å²) in [6.07, 6.45) is 0.720. The zero-order valence-electron chi connectivity index (χ0n) is 11.5. The van der Waals surface area contributed by atoms with E-state index < -0.39 is 10.0 Å². The fraction of sp³-hybridized carbons (Fsp3) is 0.200. The Bertz CT molecular complexity index is 818. The number of nitrogen functional groups attached to an aromatic ring is 1. The predicted molar refractivity (Wildman–Crippen MR) is 85.3 cm³/mol. The average molecular weight is 323 g/mol. The fourth-order valence-electron chi connectivity index (χ4n) is 2.62. The summed E-state index contributed by atoms with van der Waals surface area (Å²) < 4.78 is 27.3. The molecule has 0 aliphatic carbocycles. The highest BCUT2D eigenvalue weighted by Crippen LogP contribution is 2.35. The molecule has 21 heavy (non-hydrogen) atoms. The van der Waals surface area contributed by atoms with E-state index in [2.05, 4.69) is 0 Å². The number of para-hydroxylation sites is 1. The van der Waals surface area contributed by atoms with Crippen LogP contribution in [0.1, 0.15) is 11.1 Å². The minimum absolute atomic E-state index is 0.209. The number of sulfonamides is 1. The van der Waals surface area contributed by atoms with Crippen LogP contribution in [0.25, 0.3) is 0 Å². The lowest BCUT2D eigenvalue weighted by molar-refractivity contribution is 0.592. The summed E-state index contributed by atoms with van der Waals surface area (Å²) in [7, 11) is -3.63. The van der Waals surface area contributed by atoms with Crippen LogP contribution in [0.3, 0.4) is 0 Å². The molecule has 2 N–H and O–H groups in total. The molecule has 6 heteroatoms. The van der Waals surface area contributed by atoms with E-state index in [9.17, 15) is 8.42 Å². The van der Waals surface area contributed by atoms with Crippen molar-refractivity contribution < 1.29 is 8.42 Å². The average Bonchev–Trinajstić information content (AvgIpc) is 2.87. The molecule has 1 aliphatic heterocycles. The lowest BCUT2D eigenvalue weighted by Gasteiger charge is -2.21. The molecule has 3 rings (SSSR count). The smallest absolute Gasteiger partial charge is 0.264 e. The van der Waals surface area contributed by atoms with Crippen molar-refractivity contribution in [3.63, 3.8) is 0 Å². The Hall–Kier alpha value is -1.72. The maximum Gasteiger partial charge on any atom is 0.264 e. The van der Waals surface area contributed by atoms with Crippen molar-refractivity contribution in [3.05, 3.63) is 52.5 Å². The third kappa shape index (κ3) is 2.26. The molecule has 0 unspecified atom stereocenters. The first kappa shape index (κ1) is 14.2. The van der Waals surface area contributed by atoms with Crippen molar-refractivity contribution in [2.45, 2.75) is 18.2 Å². The fourth-order valence-corrected chi connectivity index (χ4v) is 4.59. The second kappa shape index (κ2) is 4.93. The molecule has 0 spiro atoms. The maximum atomic E-state index is 12.9. The first-order chi connectivity index (χ1) is 9.91. The van der Waals surface area contributed by atoms with Crippen LogP contribution in [-0.2, 0) is 16.4 Å². The van der Waals surface area contributed by atoms with E-state index in [0.29, 0.717) is 17.1 Å². The van der Waals surface area contributed by atoms with Gasteiger partial charge in [-0.15, -0.1) is 0 Å². The van der Waals surface area contributed by atoms with Crippen LogP contribution in [0.5, 0.6) is 0 Å². The summed E-state index contributed by atoms with van der Waals surface area (Å²) in [6, 6.07) is 10.6. The van der Waals surface area contributed by atoms with Crippen LogP contribution in [0.4, 0.5) is 11.4 Å². The summed E-state index contributed by atoms with van der Waals surface area (Å²) in [5.41, 5.74) is 8.42. The molecule has 1 heterocycles. The quantitative estimate of drug-likeness (QED) is 0.864. The molecule has 0 fully saturated rings. The largest absolute Gasteiger partial charge is 0.397 e. The molecule has 0 atom stereocenters. The third-order valence-electron chi connectivity index (χ3n) is 3.71. The summed E-state index contributed by atoms with van der Waals surface area (Å²) in [4.78, 5) is 0.209. The van der Waals surface area contributed by atoms with E-state index in [0.717, 1.165) is 17.7 Å². The van der Waals surface area contributed by atoms with Gasteiger partial charge in [0.1, 0.15) is 0 Å². The number of benzene rings is 2. The Morgan fingerprint density at radius 3 is 2.71 bits per heavy atom.